The highest BCUT2D eigenvalue weighted by atomic mass is 79.9. The molecular weight excluding hydrogens is 440 g/mol. The van der Waals surface area contributed by atoms with Crippen LogP contribution in [0.25, 0.3) is 0 Å². The van der Waals surface area contributed by atoms with Crippen LogP contribution < -0.4 is 5.73 Å². The van der Waals surface area contributed by atoms with E-state index in [9.17, 15) is 14.7 Å². The zero-order chi connectivity index (χ0) is 21.4. The Morgan fingerprint density at radius 3 is 2.52 bits per heavy atom. The second kappa shape index (κ2) is 11.5. The molecule has 1 aromatic rings. The van der Waals surface area contributed by atoms with Crippen LogP contribution in [0.4, 0.5) is 5.69 Å². The van der Waals surface area contributed by atoms with Gasteiger partial charge in [-0.15, -0.1) is 0 Å². The Morgan fingerprint density at radius 2 is 1.90 bits per heavy atom. The lowest BCUT2D eigenvalue weighted by atomic mass is 9.93. The van der Waals surface area contributed by atoms with Gasteiger partial charge in [-0.1, -0.05) is 26.2 Å². The first-order valence-electron chi connectivity index (χ1n) is 10.1. The summed E-state index contributed by atoms with van der Waals surface area (Å²) in [7, 11) is 0. The predicted molar refractivity (Wildman–Crippen MR) is 114 cm³/mol. The Morgan fingerprint density at radius 1 is 1.24 bits per heavy atom. The third kappa shape index (κ3) is 7.28. The lowest BCUT2D eigenvalue weighted by Gasteiger charge is -2.34. The van der Waals surface area contributed by atoms with Crippen LogP contribution in [0.5, 0.6) is 0 Å². The van der Waals surface area contributed by atoms with Gasteiger partial charge in [-0.2, -0.15) is 0 Å². The van der Waals surface area contributed by atoms with E-state index in [-0.39, 0.29) is 13.2 Å². The Balaban J connectivity index is 2.05. The monoisotopic (exact) mass is 470 g/mol. The fourth-order valence-corrected chi connectivity index (χ4v) is 4.11. The van der Waals surface area contributed by atoms with Crippen molar-refractivity contribution in [1.82, 2.24) is 4.90 Å². The molecule has 0 bridgehead atoms. The van der Waals surface area contributed by atoms with Crippen LogP contribution in [0.15, 0.2) is 16.6 Å². The number of benzene rings is 1. The standard InChI is InChI=1S/C21H31BrN2O5/c1-3-24(17-7-5-4-6-8-17)11-16-9-15(10-19(22)20(16)23)21(27)29-13-18(26)12-28-14(2)25/h9-10,17-18,26H,3-8,11-13,23H2,1-2H3. The van der Waals surface area contributed by atoms with Gasteiger partial charge in [0.25, 0.3) is 0 Å². The van der Waals surface area contributed by atoms with Crippen molar-refractivity contribution in [2.75, 3.05) is 25.5 Å². The second-order valence-electron chi connectivity index (χ2n) is 7.44. The molecule has 0 heterocycles. The van der Waals surface area contributed by atoms with Crippen molar-refractivity contribution in [3.63, 3.8) is 0 Å². The molecule has 1 aromatic carbocycles. The first-order chi connectivity index (χ1) is 13.8. The lowest BCUT2D eigenvalue weighted by molar-refractivity contribution is -0.144. The topological polar surface area (TPSA) is 102 Å². The third-order valence-electron chi connectivity index (χ3n) is 5.21. The van der Waals surface area contributed by atoms with Gasteiger partial charge in [-0.3, -0.25) is 9.69 Å². The molecule has 2 rings (SSSR count). The van der Waals surface area contributed by atoms with Crippen molar-refractivity contribution < 1.29 is 24.2 Å². The summed E-state index contributed by atoms with van der Waals surface area (Å²) < 4.78 is 10.5. The average molecular weight is 471 g/mol. The summed E-state index contributed by atoms with van der Waals surface area (Å²) in [4.78, 5) is 25.6. The molecule has 162 valence electrons. The molecule has 1 atom stereocenters. The molecule has 0 radical (unpaired) electrons. The number of carbonyl (C=O) groups excluding carboxylic acids is 2. The van der Waals surface area contributed by atoms with Gasteiger partial charge in [0, 0.05) is 24.0 Å². The Labute approximate surface area is 180 Å². The fraction of sp³-hybridized carbons (Fsp3) is 0.619. The zero-order valence-electron chi connectivity index (χ0n) is 17.2. The molecule has 1 fully saturated rings. The van der Waals surface area contributed by atoms with E-state index in [1.807, 2.05) is 0 Å². The Hall–Kier alpha value is -1.64. The van der Waals surface area contributed by atoms with Crippen molar-refractivity contribution in [3.8, 4) is 0 Å². The van der Waals surface area contributed by atoms with E-state index in [1.165, 1.54) is 39.0 Å². The number of anilines is 1. The number of nitrogens with zero attached hydrogens (tertiary/aromatic N) is 1. The van der Waals surface area contributed by atoms with Gasteiger partial charge in [0.15, 0.2) is 0 Å². The quantitative estimate of drug-likeness (QED) is 0.421. The van der Waals surface area contributed by atoms with Crippen LogP contribution in [-0.2, 0) is 20.8 Å². The maximum Gasteiger partial charge on any atom is 0.338 e. The number of hydrogen-bond acceptors (Lipinski definition) is 7. The van der Waals surface area contributed by atoms with E-state index in [1.54, 1.807) is 12.1 Å². The molecule has 0 saturated heterocycles. The molecule has 7 nitrogen and oxygen atoms in total. The number of carbonyl (C=O) groups is 2. The Bertz CT molecular complexity index is 707. The first kappa shape index (κ1) is 23.6. The molecule has 0 aromatic heterocycles. The minimum Gasteiger partial charge on any atom is -0.463 e. The van der Waals surface area contributed by atoms with E-state index in [4.69, 9.17) is 15.2 Å². The highest BCUT2D eigenvalue weighted by Gasteiger charge is 2.22. The molecule has 3 N–H and O–H groups in total. The molecule has 0 spiro atoms. The van der Waals surface area contributed by atoms with E-state index in [0.29, 0.717) is 28.3 Å². The molecule has 8 heteroatoms. The van der Waals surface area contributed by atoms with Gasteiger partial charge in [0.05, 0.1) is 11.3 Å². The van der Waals surface area contributed by atoms with E-state index in [2.05, 4.69) is 27.8 Å². The largest absolute Gasteiger partial charge is 0.463 e. The first-order valence-corrected chi connectivity index (χ1v) is 10.9. The second-order valence-corrected chi connectivity index (χ2v) is 8.30. The van der Waals surface area contributed by atoms with Crippen molar-refractivity contribution >= 4 is 33.6 Å². The fourth-order valence-electron chi connectivity index (χ4n) is 3.60. The minimum absolute atomic E-state index is 0.216. The van der Waals surface area contributed by atoms with E-state index < -0.39 is 18.0 Å². The summed E-state index contributed by atoms with van der Waals surface area (Å²) in [6, 6.07) is 3.92. The van der Waals surface area contributed by atoms with Crippen LogP contribution in [0.3, 0.4) is 0 Å². The van der Waals surface area contributed by atoms with Gasteiger partial charge >= 0.3 is 11.9 Å². The normalized spacial score (nSPS) is 15.9. The summed E-state index contributed by atoms with van der Waals surface area (Å²) in [5.41, 5.74) is 8.11. The number of nitrogens with two attached hydrogens (primary N) is 1. The van der Waals surface area contributed by atoms with Gasteiger partial charge in [0.1, 0.15) is 19.3 Å². The summed E-state index contributed by atoms with van der Waals surface area (Å²) in [6.45, 7) is 4.50. The van der Waals surface area contributed by atoms with Crippen molar-refractivity contribution in [1.29, 1.82) is 0 Å². The number of rotatable bonds is 9. The van der Waals surface area contributed by atoms with Crippen LogP contribution in [0.2, 0.25) is 0 Å². The van der Waals surface area contributed by atoms with E-state index >= 15 is 0 Å². The van der Waals surface area contributed by atoms with E-state index in [0.717, 1.165) is 12.1 Å². The van der Waals surface area contributed by atoms with Crippen LogP contribution >= 0.6 is 15.9 Å². The lowest BCUT2D eigenvalue weighted by Crippen LogP contribution is -2.36. The number of aliphatic hydroxyl groups excluding tert-OH is 1. The molecule has 29 heavy (non-hydrogen) atoms. The SMILES string of the molecule is CCN(Cc1cc(C(=O)OCC(O)COC(C)=O)cc(Br)c1N)C1CCCCC1. The van der Waals surface area contributed by atoms with Crippen LogP contribution in [-0.4, -0.2) is 53.8 Å². The average Bonchev–Trinajstić information content (AvgIpc) is 2.71. The molecular formula is C21H31BrN2O5. The Kier molecular flexibility index (Phi) is 9.39. The summed E-state index contributed by atoms with van der Waals surface area (Å²) in [5, 5.41) is 9.75. The van der Waals surface area contributed by atoms with Crippen LogP contribution in [0.1, 0.15) is 61.9 Å². The third-order valence-corrected chi connectivity index (χ3v) is 5.86. The molecule has 1 aliphatic carbocycles. The van der Waals surface area contributed by atoms with Gasteiger partial charge in [-0.05, 0) is 53.0 Å². The number of hydrogen-bond donors (Lipinski definition) is 2. The maximum atomic E-state index is 12.4. The van der Waals surface area contributed by atoms with Gasteiger partial charge < -0.3 is 20.3 Å². The van der Waals surface area contributed by atoms with Crippen molar-refractivity contribution in [3.05, 3.63) is 27.7 Å². The summed E-state index contributed by atoms with van der Waals surface area (Å²) in [5.74, 6) is -1.06. The van der Waals surface area contributed by atoms with Gasteiger partial charge in [-0.25, -0.2) is 4.79 Å². The summed E-state index contributed by atoms with van der Waals surface area (Å²) >= 11 is 3.44. The molecule has 1 unspecified atom stereocenters. The minimum atomic E-state index is -1.07. The number of halogens is 1. The smallest absolute Gasteiger partial charge is 0.338 e. The van der Waals surface area contributed by atoms with Gasteiger partial charge in [0.2, 0.25) is 0 Å². The maximum absolute atomic E-state index is 12.4. The molecule has 0 aliphatic heterocycles. The van der Waals surface area contributed by atoms with Crippen LogP contribution in [0, 0.1) is 0 Å². The number of nitrogen functional groups attached to an aromatic ring is 1. The number of ether oxygens (including phenoxy) is 2. The van der Waals surface area contributed by atoms with Crippen molar-refractivity contribution in [2.45, 2.75) is 64.6 Å². The molecule has 1 aliphatic rings. The zero-order valence-corrected chi connectivity index (χ0v) is 18.7. The number of aliphatic hydroxyl groups is 1. The highest BCUT2D eigenvalue weighted by Crippen LogP contribution is 2.30. The molecule has 0 amide bonds. The summed E-state index contributed by atoms with van der Waals surface area (Å²) in [6.07, 6.45) is 5.12. The predicted octanol–water partition coefficient (Wildman–Crippen LogP) is 3.27. The molecule has 1 saturated carbocycles. The number of esters is 2. The highest BCUT2D eigenvalue weighted by molar-refractivity contribution is 9.10. The van der Waals surface area contributed by atoms with Crippen molar-refractivity contribution in [2.24, 2.45) is 0 Å².